The first-order chi connectivity index (χ1) is 11.0. The minimum absolute atomic E-state index is 0.516. The molecule has 0 N–H and O–H groups in total. The van der Waals surface area contributed by atoms with Crippen molar-refractivity contribution >= 4 is 0 Å². The average Bonchev–Trinajstić information content (AvgIpc) is 2.54. The summed E-state index contributed by atoms with van der Waals surface area (Å²) in [7, 11) is 0. The van der Waals surface area contributed by atoms with Gasteiger partial charge >= 0.3 is 0 Å². The molecule has 0 bridgehead atoms. The fraction of sp³-hybridized carbons (Fsp3) is 1.00. The highest BCUT2D eigenvalue weighted by Crippen LogP contribution is 2.40. The molecule has 0 aromatic heterocycles. The third-order valence-electron chi connectivity index (χ3n) is 7.45. The van der Waals surface area contributed by atoms with Crippen molar-refractivity contribution in [2.45, 2.75) is 120 Å². The fourth-order valence-electron chi connectivity index (χ4n) is 4.68. The van der Waals surface area contributed by atoms with Gasteiger partial charge in [-0.05, 0) is 34.5 Å². The van der Waals surface area contributed by atoms with Gasteiger partial charge in [0.25, 0.3) is 0 Å². The Morgan fingerprint density at radius 2 is 0.750 bits per heavy atom. The molecule has 24 heavy (non-hydrogen) atoms. The highest BCUT2D eigenvalue weighted by Gasteiger charge is 2.29. The van der Waals surface area contributed by atoms with Crippen molar-refractivity contribution in [3.8, 4) is 0 Å². The quantitative estimate of drug-likeness (QED) is 0.474. The average molecular weight is 337 g/mol. The molecule has 2 saturated carbocycles. The van der Waals surface area contributed by atoms with E-state index in [0.717, 1.165) is 23.7 Å². The number of hydrogen-bond donors (Lipinski definition) is 0. The molecule has 2 rings (SSSR count). The van der Waals surface area contributed by atoms with Crippen LogP contribution in [0.15, 0.2) is 0 Å². The van der Waals surface area contributed by atoms with Crippen LogP contribution in [0.2, 0.25) is 0 Å². The zero-order chi connectivity index (χ0) is 18.4. The lowest BCUT2D eigenvalue weighted by molar-refractivity contribution is 0.141. The van der Waals surface area contributed by atoms with Gasteiger partial charge in [0.05, 0.1) is 0 Å². The van der Waals surface area contributed by atoms with Crippen LogP contribution in [0.1, 0.15) is 120 Å². The van der Waals surface area contributed by atoms with E-state index in [0.29, 0.717) is 10.8 Å². The summed E-state index contributed by atoms with van der Waals surface area (Å²) >= 11 is 0. The van der Waals surface area contributed by atoms with E-state index < -0.39 is 0 Å². The molecule has 0 aliphatic heterocycles. The van der Waals surface area contributed by atoms with E-state index in [2.05, 4.69) is 55.4 Å². The van der Waals surface area contributed by atoms with Crippen LogP contribution >= 0.6 is 0 Å². The van der Waals surface area contributed by atoms with E-state index in [1.165, 1.54) is 64.2 Å². The van der Waals surface area contributed by atoms with Gasteiger partial charge in [0.2, 0.25) is 0 Å². The van der Waals surface area contributed by atoms with Gasteiger partial charge in [0.1, 0.15) is 0 Å². The first-order valence-corrected chi connectivity index (χ1v) is 11.0. The van der Waals surface area contributed by atoms with Crippen molar-refractivity contribution in [1.82, 2.24) is 0 Å². The summed E-state index contributed by atoms with van der Waals surface area (Å²) in [5, 5.41) is 0. The molecule has 0 nitrogen and oxygen atoms in total. The van der Waals surface area contributed by atoms with Gasteiger partial charge in [-0.25, -0.2) is 0 Å². The van der Waals surface area contributed by atoms with Crippen LogP contribution in [0.3, 0.4) is 0 Å². The summed E-state index contributed by atoms with van der Waals surface area (Å²) < 4.78 is 0. The maximum atomic E-state index is 2.44. The van der Waals surface area contributed by atoms with E-state index >= 15 is 0 Å². The first kappa shape index (κ1) is 22.0. The third-order valence-corrected chi connectivity index (χ3v) is 7.45. The third kappa shape index (κ3) is 7.49. The van der Waals surface area contributed by atoms with Crippen LogP contribution in [-0.2, 0) is 0 Å². The molecular weight excluding hydrogens is 288 g/mol. The zero-order valence-corrected chi connectivity index (χ0v) is 18.4. The topological polar surface area (TPSA) is 0 Å². The molecule has 0 heterocycles. The fourth-order valence-corrected chi connectivity index (χ4v) is 4.68. The summed E-state index contributed by atoms with van der Waals surface area (Å²) in [5.74, 6) is 3.83. The molecular formula is C24H48. The van der Waals surface area contributed by atoms with Crippen LogP contribution < -0.4 is 0 Å². The SMILES string of the molecule is CC(C1CCCCC1)C(C)(C)C.CC(C1CCCCC1)C(C)(C)C. The van der Waals surface area contributed by atoms with E-state index in [1.807, 2.05) is 0 Å². The number of hydrogen-bond acceptors (Lipinski definition) is 0. The smallest absolute Gasteiger partial charge is 0.0354 e. The lowest BCUT2D eigenvalue weighted by Gasteiger charge is -2.36. The second-order valence-corrected chi connectivity index (χ2v) is 11.1. The van der Waals surface area contributed by atoms with Crippen molar-refractivity contribution in [3.05, 3.63) is 0 Å². The van der Waals surface area contributed by atoms with Crippen LogP contribution in [0, 0.1) is 34.5 Å². The Balaban J connectivity index is 0.000000240. The monoisotopic (exact) mass is 336 g/mol. The Labute approximate surface area is 154 Å². The summed E-state index contributed by atoms with van der Waals surface area (Å²) in [6.07, 6.45) is 14.8. The van der Waals surface area contributed by atoms with Gasteiger partial charge in [-0.15, -0.1) is 0 Å². The van der Waals surface area contributed by atoms with Crippen LogP contribution in [-0.4, -0.2) is 0 Å². The lowest BCUT2D eigenvalue weighted by Crippen LogP contribution is -2.27. The molecule has 0 radical (unpaired) electrons. The molecule has 0 heteroatoms. The Morgan fingerprint density at radius 3 is 0.958 bits per heavy atom. The van der Waals surface area contributed by atoms with Gasteiger partial charge in [-0.3, -0.25) is 0 Å². The maximum absolute atomic E-state index is 2.44. The Hall–Kier alpha value is 0. The predicted molar refractivity (Wildman–Crippen MR) is 110 cm³/mol. The van der Waals surface area contributed by atoms with Gasteiger partial charge in [-0.1, -0.05) is 120 Å². The Morgan fingerprint density at radius 1 is 0.500 bits per heavy atom. The van der Waals surface area contributed by atoms with Gasteiger partial charge in [0.15, 0.2) is 0 Å². The molecule has 2 aliphatic rings. The first-order valence-electron chi connectivity index (χ1n) is 11.0. The van der Waals surface area contributed by atoms with Crippen LogP contribution in [0.25, 0.3) is 0 Å². The summed E-state index contributed by atoms with van der Waals surface area (Å²) in [4.78, 5) is 0. The normalized spacial score (nSPS) is 24.0. The van der Waals surface area contributed by atoms with E-state index in [9.17, 15) is 0 Å². The summed E-state index contributed by atoms with van der Waals surface area (Å²) in [6.45, 7) is 19.2. The molecule has 2 fully saturated rings. The molecule has 2 atom stereocenters. The molecule has 0 aromatic carbocycles. The maximum Gasteiger partial charge on any atom is -0.0354 e. The molecule has 0 saturated heterocycles. The minimum Gasteiger partial charge on any atom is -0.0617 e. The number of rotatable bonds is 2. The summed E-state index contributed by atoms with van der Waals surface area (Å²) in [6, 6.07) is 0. The molecule has 0 aromatic rings. The van der Waals surface area contributed by atoms with E-state index in [4.69, 9.17) is 0 Å². The second-order valence-electron chi connectivity index (χ2n) is 11.1. The molecule has 0 spiro atoms. The summed E-state index contributed by atoms with van der Waals surface area (Å²) in [5.41, 5.74) is 1.03. The Kier molecular flexibility index (Phi) is 8.84. The highest BCUT2D eigenvalue weighted by molar-refractivity contribution is 4.80. The molecule has 2 aliphatic carbocycles. The van der Waals surface area contributed by atoms with Crippen molar-refractivity contribution < 1.29 is 0 Å². The zero-order valence-electron chi connectivity index (χ0n) is 18.4. The van der Waals surface area contributed by atoms with Crippen LogP contribution in [0.5, 0.6) is 0 Å². The van der Waals surface area contributed by atoms with Gasteiger partial charge in [0, 0.05) is 0 Å². The molecule has 0 amide bonds. The van der Waals surface area contributed by atoms with Crippen molar-refractivity contribution in [3.63, 3.8) is 0 Å². The molecule has 144 valence electrons. The molecule has 2 unspecified atom stereocenters. The standard InChI is InChI=1S/2C12H24/c2*1-10(12(2,3)4)11-8-6-5-7-9-11/h2*10-11H,5-9H2,1-4H3. The van der Waals surface area contributed by atoms with E-state index in [1.54, 1.807) is 0 Å². The van der Waals surface area contributed by atoms with Gasteiger partial charge in [-0.2, -0.15) is 0 Å². The van der Waals surface area contributed by atoms with Crippen molar-refractivity contribution in [1.29, 1.82) is 0 Å². The van der Waals surface area contributed by atoms with Crippen LogP contribution in [0.4, 0.5) is 0 Å². The second kappa shape index (κ2) is 9.63. The van der Waals surface area contributed by atoms with E-state index in [-0.39, 0.29) is 0 Å². The highest BCUT2D eigenvalue weighted by atomic mass is 14.3. The lowest BCUT2D eigenvalue weighted by atomic mass is 9.69. The van der Waals surface area contributed by atoms with Crippen molar-refractivity contribution in [2.24, 2.45) is 34.5 Å². The van der Waals surface area contributed by atoms with Gasteiger partial charge < -0.3 is 0 Å². The minimum atomic E-state index is 0.516. The predicted octanol–water partition coefficient (Wildman–Crippen LogP) is 8.50. The van der Waals surface area contributed by atoms with Crippen molar-refractivity contribution in [2.75, 3.05) is 0 Å². The Bertz CT molecular complexity index is 281. The largest absolute Gasteiger partial charge is 0.0617 e.